The van der Waals surface area contributed by atoms with E-state index in [4.69, 9.17) is 9.47 Å². The number of rotatable bonds is 8. The standard InChI is InChI=1S/C16H22O4/c1-4-10-16(2,15(18)19-3)14(17)12-20-11-13-8-6-5-7-9-13/h4-9,14,17H,1,10-12H2,2-3H3/t14-,16+/m1/s1. The van der Waals surface area contributed by atoms with E-state index in [1.54, 1.807) is 13.0 Å². The van der Waals surface area contributed by atoms with Gasteiger partial charge in [-0.1, -0.05) is 36.4 Å². The molecule has 1 N–H and O–H groups in total. The third-order valence-electron chi connectivity index (χ3n) is 3.34. The molecule has 0 fully saturated rings. The lowest BCUT2D eigenvalue weighted by Gasteiger charge is -2.30. The molecule has 4 nitrogen and oxygen atoms in total. The molecule has 2 atom stereocenters. The van der Waals surface area contributed by atoms with Crippen LogP contribution in [0.25, 0.3) is 0 Å². The maximum atomic E-state index is 11.8. The number of methoxy groups -OCH3 is 1. The Hall–Kier alpha value is -1.65. The van der Waals surface area contributed by atoms with E-state index in [1.807, 2.05) is 30.3 Å². The number of carbonyl (C=O) groups excluding carboxylic acids is 1. The Balaban J connectivity index is 2.56. The molecular formula is C16H22O4. The van der Waals surface area contributed by atoms with Gasteiger partial charge in [0, 0.05) is 0 Å². The number of allylic oxidation sites excluding steroid dienone is 1. The second-order valence-corrected chi connectivity index (χ2v) is 4.92. The molecule has 1 aromatic rings. The maximum Gasteiger partial charge on any atom is 0.314 e. The van der Waals surface area contributed by atoms with E-state index >= 15 is 0 Å². The van der Waals surface area contributed by atoms with Crippen molar-refractivity contribution in [1.82, 2.24) is 0 Å². The molecule has 0 bridgehead atoms. The van der Waals surface area contributed by atoms with Crippen molar-refractivity contribution in [3.8, 4) is 0 Å². The normalized spacial score (nSPS) is 15.2. The molecule has 1 rings (SSSR count). The SMILES string of the molecule is C=CC[C@](C)(C(=O)OC)[C@H](O)COCc1ccccc1. The molecule has 0 spiro atoms. The molecule has 20 heavy (non-hydrogen) atoms. The molecule has 0 aliphatic carbocycles. The summed E-state index contributed by atoms with van der Waals surface area (Å²) < 4.78 is 10.2. The van der Waals surface area contributed by atoms with Crippen LogP contribution in [-0.4, -0.2) is 30.9 Å². The van der Waals surface area contributed by atoms with Crippen molar-refractivity contribution in [3.63, 3.8) is 0 Å². The molecule has 0 aliphatic heterocycles. The fourth-order valence-corrected chi connectivity index (χ4v) is 1.93. The Labute approximate surface area is 120 Å². The van der Waals surface area contributed by atoms with Crippen molar-refractivity contribution in [3.05, 3.63) is 48.6 Å². The van der Waals surface area contributed by atoms with Gasteiger partial charge in [-0.15, -0.1) is 6.58 Å². The molecule has 0 heterocycles. The van der Waals surface area contributed by atoms with E-state index in [0.717, 1.165) is 5.56 Å². The summed E-state index contributed by atoms with van der Waals surface area (Å²) >= 11 is 0. The van der Waals surface area contributed by atoms with Crippen LogP contribution in [0.3, 0.4) is 0 Å². The van der Waals surface area contributed by atoms with E-state index in [1.165, 1.54) is 7.11 Å². The number of hydrogen-bond acceptors (Lipinski definition) is 4. The van der Waals surface area contributed by atoms with Crippen LogP contribution in [0.1, 0.15) is 18.9 Å². The predicted octanol–water partition coefficient (Wildman–Crippen LogP) is 2.32. The third-order valence-corrected chi connectivity index (χ3v) is 3.34. The second-order valence-electron chi connectivity index (χ2n) is 4.92. The molecule has 0 saturated heterocycles. The highest BCUT2D eigenvalue weighted by molar-refractivity contribution is 5.77. The zero-order valence-corrected chi connectivity index (χ0v) is 12.0. The fourth-order valence-electron chi connectivity index (χ4n) is 1.93. The van der Waals surface area contributed by atoms with Gasteiger partial charge in [-0.25, -0.2) is 0 Å². The highest BCUT2D eigenvalue weighted by Gasteiger charge is 2.40. The molecule has 0 aliphatic rings. The molecule has 0 amide bonds. The van der Waals surface area contributed by atoms with Crippen molar-refractivity contribution in [2.24, 2.45) is 5.41 Å². The minimum Gasteiger partial charge on any atom is -0.469 e. The van der Waals surface area contributed by atoms with Crippen LogP contribution in [0.4, 0.5) is 0 Å². The van der Waals surface area contributed by atoms with Gasteiger partial charge in [0.2, 0.25) is 0 Å². The summed E-state index contributed by atoms with van der Waals surface area (Å²) in [7, 11) is 1.31. The minimum atomic E-state index is -1.03. The minimum absolute atomic E-state index is 0.0638. The van der Waals surface area contributed by atoms with Gasteiger partial charge in [0.15, 0.2) is 0 Å². The Kier molecular flexibility index (Phi) is 6.42. The topological polar surface area (TPSA) is 55.8 Å². The lowest BCUT2D eigenvalue weighted by molar-refractivity contribution is -0.161. The third kappa shape index (κ3) is 4.18. The number of benzene rings is 1. The van der Waals surface area contributed by atoms with Crippen molar-refractivity contribution in [2.45, 2.75) is 26.1 Å². The largest absolute Gasteiger partial charge is 0.469 e. The zero-order valence-electron chi connectivity index (χ0n) is 12.0. The smallest absolute Gasteiger partial charge is 0.314 e. The summed E-state index contributed by atoms with van der Waals surface area (Å²) in [5.74, 6) is -0.465. The summed E-state index contributed by atoms with van der Waals surface area (Å²) in [6.45, 7) is 5.72. The van der Waals surface area contributed by atoms with Crippen LogP contribution in [0.15, 0.2) is 43.0 Å². The number of aliphatic hydroxyl groups excluding tert-OH is 1. The van der Waals surface area contributed by atoms with Gasteiger partial charge >= 0.3 is 5.97 Å². The van der Waals surface area contributed by atoms with Crippen molar-refractivity contribution >= 4 is 5.97 Å². The Morgan fingerprint density at radius 3 is 2.65 bits per heavy atom. The van der Waals surface area contributed by atoms with Gasteiger partial charge in [-0.2, -0.15) is 0 Å². The van der Waals surface area contributed by atoms with Crippen LogP contribution in [0, 0.1) is 5.41 Å². The Bertz CT molecular complexity index is 429. The summed E-state index contributed by atoms with van der Waals surface area (Å²) in [6, 6.07) is 9.65. The average molecular weight is 278 g/mol. The zero-order chi connectivity index (χ0) is 15.0. The van der Waals surface area contributed by atoms with Gasteiger partial charge in [-0.3, -0.25) is 4.79 Å². The summed E-state index contributed by atoms with van der Waals surface area (Å²) in [6.07, 6.45) is 0.976. The first-order valence-corrected chi connectivity index (χ1v) is 6.53. The predicted molar refractivity (Wildman–Crippen MR) is 77.0 cm³/mol. The molecule has 0 unspecified atom stereocenters. The Morgan fingerprint density at radius 2 is 2.10 bits per heavy atom. The first kappa shape index (κ1) is 16.4. The molecule has 1 aromatic carbocycles. The fraction of sp³-hybridized carbons (Fsp3) is 0.438. The molecule has 0 saturated carbocycles. The van der Waals surface area contributed by atoms with E-state index in [-0.39, 0.29) is 6.61 Å². The molecule has 110 valence electrons. The van der Waals surface area contributed by atoms with E-state index in [9.17, 15) is 9.90 Å². The lowest BCUT2D eigenvalue weighted by Crippen LogP contribution is -2.43. The van der Waals surface area contributed by atoms with Gasteiger partial charge in [-0.05, 0) is 18.9 Å². The van der Waals surface area contributed by atoms with Crippen molar-refractivity contribution in [1.29, 1.82) is 0 Å². The summed E-state index contributed by atoms with van der Waals surface area (Å²) in [5, 5.41) is 10.2. The maximum absolute atomic E-state index is 11.8. The molecule has 0 aromatic heterocycles. The van der Waals surface area contributed by atoms with Crippen LogP contribution in [0.2, 0.25) is 0 Å². The average Bonchev–Trinajstić information content (AvgIpc) is 2.47. The summed E-state index contributed by atoms with van der Waals surface area (Å²) in [4.78, 5) is 11.8. The quantitative estimate of drug-likeness (QED) is 0.585. The summed E-state index contributed by atoms with van der Waals surface area (Å²) in [5.41, 5.74) is -0.0177. The highest BCUT2D eigenvalue weighted by Crippen LogP contribution is 2.28. The van der Waals surface area contributed by atoms with Gasteiger partial charge < -0.3 is 14.6 Å². The lowest BCUT2D eigenvalue weighted by atomic mass is 9.81. The van der Waals surface area contributed by atoms with Gasteiger partial charge in [0.05, 0.1) is 31.8 Å². The first-order valence-electron chi connectivity index (χ1n) is 6.53. The molecular weight excluding hydrogens is 256 g/mol. The Morgan fingerprint density at radius 1 is 1.45 bits per heavy atom. The van der Waals surface area contributed by atoms with Gasteiger partial charge in [0.1, 0.15) is 0 Å². The highest BCUT2D eigenvalue weighted by atomic mass is 16.5. The van der Waals surface area contributed by atoms with E-state index in [0.29, 0.717) is 13.0 Å². The first-order chi connectivity index (χ1) is 9.54. The second kappa shape index (κ2) is 7.82. The molecule has 4 heteroatoms. The van der Waals surface area contributed by atoms with E-state index in [2.05, 4.69) is 6.58 Å². The number of carbonyl (C=O) groups is 1. The number of aliphatic hydroxyl groups is 1. The van der Waals surface area contributed by atoms with Gasteiger partial charge in [0.25, 0.3) is 0 Å². The van der Waals surface area contributed by atoms with Crippen LogP contribution in [0.5, 0.6) is 0 Å². The monoisotopic (exact) mass is 278 g/mol. The van der Waals surface area contributed by atoms with E-state index < -0.39 is 17.5 Å². The number of esters is 1. The van der Waals surface area contributed by atoms with Crippen LogP contribution < -0.4 is 0 Å². The number of hydrogen-bond donors (Lipinski definition) is 1. The van der Waals surface area contributed by atoms with Crippen molar-refractivity contribution < 1.29 is 19.4 Å². The van der Waals surface area contributed by atoms with Crippen LogP contribution >= 0.6 is 0 Å². The van der Waals surface area contributed by atoms with Crippen molar-refractivity contribution in [2.75, 3.05) is 13.7 Å². The number of ether oxygens (including phenoxy) is 2. The molecule has 0 radical (unpaired) electrons. The van der Waals surface area contributed by atoms with Crippen LogP contribution in [-0.2, 0) is 20.9 Å².